The van der Waals surface area contributed by atoms with Gasteiger partial charge in [0.25, 0.3) is 5.91 Å². The Balaban J connectivity index is 2.01. The molecule has 0 radical (unpaired) electrons. The number of aryl methyl sites for hydroxylation is 1. The van der Waals surface area contributed by atoms with Crippen LogP contribution in [0.3, 0.4) is 0 Å². The van der Waals surface area contributed by atoms with E-state index in [-0.39, 0.29) is 5.91 Å². The van der Waals surface area contributed by atoms with Crippen molar-refractivity contribution in [2.75, 3.05) is 5.43 Å². The fourth-order valence-electron chi connectivity index (χ4n) is 1.48. The van der Waals surface area contributed by atoms with Gasteiger partial charge >= 0.3 is 0 Å². The van der Waals surface area contributed by atoms with Crippen LogP contribution in [0, 0.1) is 6.92 Å². The van der Waals surface area contributed by atoms with Crippen LogP contribution >= 0.6 is 11.3 Å². The fourth-order valence-corrected chi connectivity index (χ4v) is 2.33. The Morgan fingerprint density at radius 1 is 1.50 bits per heavy atom. The molecule has 0 spiro atoms. The van der Waals surface area contributed by atoms with Crippen molar-refractivity contribution in [3.63, 3.8) is 0 Å². The highest BCUT2D eigenvalue weighted by Crippen LogP contribution is 2.15. The second-order valence-electron chi connectivity index (χ2n) is 3.78. The molecule has 0 unspecified atom stereocenters. The van der Waals surface area contributed by atoms with Crippen molar-refractivity contribution in [2.24, 2.45) is 5.84 Å². The van der Waals surface area contributed by atoms with E-state index in [4.69, 9.17) is 5.84 Å². The number of nitrogens with zero attached hydrogens (tertiary/aromatic N) is 1. The molecule has 0 atom stereocenters. The van der Waals surface area contributed by atoms with Gasteiger partial charge in [0.15, 0.2) is 0 Å². The van der Waals surface area contributed by atoms with E-state index in [1.54, 1.807) is 29.7 Å². The number of anilines is 1. The topological polar surface area (TPSA) is 80.0 Å². The minimum Gasteiger partial charge on any atom is -0.346 e. The first-order valence-corrected chi connectivity index (χ1v) is 6.32. The number of hydrogen-bond acceptors (Lipinski definition) is 5. The smallest absolute Gasteiger partial charge is 0.270 e. The number of nitrogens with one attached hydrogen (secondary N) is 2. The SMILES string of the molecule is Cc1ccsc1CNC(=O)c1cc(NN)ccn1. The highest BCUT2D eigenvalue weighted by molar-refractivity contribution is 7.10. The molecular weight excluding hydrogens is 248 g/mol. The second-order valence-corrected chi connectivity index (χ2v) is 4.78. The van der Waals surface area contributed by atoms with E-state index in [0.717, 1.165) is 4.88 Å². The van der Waals surface area contributed by atoms with Crippen LogP contribution < -0.4 is 16.6 Å². The Hall–Kier alpha value is -1.92. The maximum atomic E-state index is 11.9. The highest BCUT2D eigenvalue weighted by atomic mass is 32.1. The van der Waals surface area contributed by atoms with Gasteiger partial charge in [-0.25, -0.2) is 0 Å². The summed E-state index contributed by atoms with van der Waals surface area (Å²) < 4.78 is 0. The lowest BCUT2D eigenvalue weighted by molar-refractivity contribution is 0.0946. The number of hydrazine groups is 1. The van der Waals surface area contributed by atoms with Gasteiger partial charge in [-0.15, -0.1) is 11.3 Å². The summed E-state index contributed by atoms with van der Waals surface area (Å²) in [4.78, 5) is 17.0. The molecule has 4 N–H and O–H groups in total. The first-order chi connectivity index (χ1) is 8.70. The van der Waals surface area contributed by atoms with Gasteiger partial charge in [0, 0.05) is 11.1 Å². The summed E-state index contributed by atoms with van der Waals surface area (Å²) in [6, 6.07) is 5.33. The average molecular weight is 262 g/mol. The van der Waals surface area contributed by atoms with E-state index in [1.807, 2.05) is 18.4 Å². The molecule has 0 saturated heterocycles. The maximum absolute atomic E-state index is 11.9. The van der Waals surface area contributed by atoms with Crippen molar-refractivity contribution < 1.29 is 4.79 Å². The number of aromatic nitrogens is 1. The monoisotopic (exact) mass is 262 g/mol. The number of pyridine rings is 1. The van der Waals surface area contributed by atoms with Gasteiger partial charge in [-0.2, -0.15) is 0 Å². The van der Waals surface area contributed by atoms with Gasteiger partial charge < -0.3 is 10.7 Å². The zero-order valence-electron chi connectivity index (χ0n) is 9.93. The van der Waals surface area contributed by atoms with Crippen molar-refractivity contribution >= 4 is 22.9 Å². The molecule has 0 bridgehead atoms. The van der Waals surface area contributed by atoms with Gasteiger partial charge in [0.05, 0.1) is 12.2 Å². The number of nitrogen functional groups attached to an aromatic ring is 1. The van der Waals surface area contributed by atoms with Crippen LogP contribution in [0.4, 0.5) is 5.69 Å². The Morgan fingerprint density at radius 3 is 3.00 bits per heavy atom. The van der Waals surface area contributed by atoms with Crippen molar-refractivity contribution in [1.29, 1.82) is 0 Å². The largest absolute Gasteiger partial charge is 0.346 e. The molecule has 2 aromatic heterocycles. The number of amides is 1. The van der Waals surface area contributed by atoms with Gasteiger partial charge in [-0.05, 0) is 36.1 Å². The maximum Gasteiger partial charge on any atom is 0.270 e. The van der Waals surface area contributed by atoms with Crippen molar-refractivity contribution in [3.05, 3.63) is 45.9 Å². The molecule has 0 saturated carbocycles. The minimum atomic E-state index is -0.208. The number of carbonyl (C=O) groups excluding carboxylic acids is 1. The highest BCUT2D eigenvalue weighted by Gasteiger charge is 2.08. The van der Waals surface area contributed by atoms with Crippen molar-refractivity contribution in [1.82, 2.24) is 10.3 Å². The quantitative estimate of drug-likeness (QED) is 0.578. The number of nitrogens with two attached hydrogens (primary N) is 1. The summed E-state index contributed by atoms with van der Waals surface area (Å²) in [5.74, 6) is 5.07. The van der Waals surface area contributed by atoms with Gasteiger partial charge in [-0.1, -0.05) is 0 Å². The standard InChI is InChI=1S/C12H14N4OS/c1-8-3-5-18-11(8)7-15-12(17)10-6-9(16-13)2-4-14-10/h2-6H,7,13H2,1H3,(H,14,16)(H,15,17). The van der Waals surface area contributed by atoms with Crippen LogP contribution in [0.15, 0.2) is 29.8 Å². The summed E-state index contributed by atoms with van der Waals surface area (Å²) in [6.45, 7) is 2.54. The lowest BCUT2D eigenvalue weighted by Crippen LogP contribution is -2.24. The lowest BCUT2D eigenvalue weighted by Gasteiger charge is -2.05. The van der Waals surface area contributed by atoms with Crippen molar-refractivity contribution in [2.45, 2.75) is 13.5 Å². The third-order valence-electron chi connectivity index (χ3n) is 2.54. The van der Waals surface area contributed by atoms with Gasteiger partial charge in [0.1, 0.15) is 5.69 Å². The normalized spacial score (nSPS) is 10.1. The summed E-state index contributed by atoms with van der Waals surface area (Å²) in [5.41, 5.74) is 4.67. The molecule has 2 aromatic rings. The number of carbonyl (C=O) groups is 1. The molecule has 0 aromatic carbocycles. The van der Waals surface area contributed by atoms with Gasteiger partial charge in [0.2, 0.25) is 0 Å². The van der Waals surface area contributed by atoms with Crippen LogP contribution in [0.25, 0.3) is 0 Å². The minimum absolute atomic E-state index is 0.208. The van der Waals surface area contributed by atoms with E-state index in [1.165, 1.54) is 5.56 Å². The molecule has 2 heterocycles. The molecule has 2 rings (SSSR count). The number of thiophene rings is 1. The predicted molar refractivity (Wildman–Crippen MR) is 72.3 cm³/mol. The lowest BCUT2D eigenvalue weighted by atomic mass is 10.2. The van der Waals surface area contributed by atoms with Crippen LogP contribution in [0.1, 0.15) is 20.9 Å². The zero-order valence-corrected chi connectivity index (χ0v) is 10.8. The van der Waals surface area contributed by atoms with E-state index in [2.05, 4.69) is 15.7 Å². The Morgan fingerprint density at radius 2 is 2.33 bits per heavy atom. The van der Waals surface area contributed by atoms with Crippen LogP contribution in [-0.2, 0) is 6.54 Å². The summed E-state index contributed by atoms with van der Waals surface area (Å²) in [7, 11) is 0. The Kier molecular flexibility index (Phi) is 3.91. The van der Waals surface area contributed by atoms with E-state index < -0.39 is 0 Å². The average Bonchev–Trinajstić information content (AvgIpc) is 2.81. The summed E-state index contributed by atoms with van der Waals surface area (Å²) in [6.07, 6.45) is 1.54. The predicted octanol–water partition coefficient (Wildman–Crippen LogP) is 1.67. The van der Waals surface area contributed by atoms with E-state index >= 15 is 0 Å². The summed E-state index contributed by atoms with van der Waals surface area (Å²) >= 11 is 1.63. The molecule has 0 aliphatic rings. The van der Waals surface area contributed by atoms with Gasteiger partial charge in [-0.3, -0.25) is 15.6 Å². The third-order valence-corrected chi connectivity index (χ3v) is 3.56. The number of hydrogen-bond donors (Lipinski definition) is 3. The molecular formula is C12H14N4OS. The van der Waals surface area contributed by atoms with E-state index in [9.17, 15) is 4.79 Å². The molecule has 6 heteroatoms. The molecule has 0 fully saturated rings. The zero-order chi connectivity index (χ0) is 13.0. The van der Waals surface area contributed by atoms with E-state index in [0.29, 0.717) is 17.9 Å². The molecule has 0 aliphatic heterocycles. The van der Waals surface area contributed by atoms with Crippen LogP contribution in [0.2, 0.25) is 0 Å². The second kappa shape index (κ2) is 5.61. The van der Waals surface area contributed by atoms with Crippen molar-refractivity contribution in [3.8, 4) is 0 Å². The molecule has 1 amide bonds. The molecule has 0 aliphatic carbocycles. The molecule has 94 valence electrons. The first kappa shape index (κ1) is 12.5. The molecule has 5 nitrogen and oxygen atoms in total. The third kappa shape index (κ3) is 2.85. The van der Waals surface area contributed by atoms with Crippen LogP contribution in [0.5, 0.6) is 0 Å². The van der Waals surface area contributed by atoms with Crippen LogP contribution in [-0.4, -0.2) is 10.9 Å². The number of rotatable bonds is 4. The molecule has 18 heavy (non-hydrogen) atoms. The fraction of sp³-hybridized carbons (Fsp3) is 0.167. The Bertz CT molecular complexity index is 553. The first-order valence-electron chi connectivity index (χ1n) is 5.44. The summed E-state index contributed by atoms with van der Waals surface area (Å²) in [5, 5.41) is 4.84. The Labute approximate surface area is 109 Å².